The Kier molecular flexibility index (Phi) is 14.4. The number of hydrogen-bond donors (Lipinski definition) is 0. The van der Waals surface area contributed by atoms with E-state index in [0.29, 0.717) is 34.8 Å². The Hall–Kier alpha value is -0.850. The van der Waals surface area contributed by atoms with Crippen LogP contribution in [-0.2, 0) is 9.57 Å². The first-order valence-corrected chi connectivity index (χ1v) is 11.7. The Morgan fingerprint density at radius 1 is 0.935 bits per heavy atom. The maximum atomic E-state index is 6.25. The molecule has 0 heterocycles. The van der Waals surface area contributed by atoms with E-state index < -0.39 is 0 Å². The number of benzene rings is 1. The molecule has 0 N–H and O–H groups in total. The maximum absolute atomic E-state index is 6.25. The zero-order valence-corrected chi connectivity index (χ0v) is 21.3. The highest BCUT2D eigenvalue weighted by Gasteiger charge is 2.11. The number of hydrogen-bond acceptors (Lipinski definition) is 5. The zero-order chi connectivity index (χ0) is 23.1. The van der Waals surface area contributed by atoms with Crippen LogP contribution in [0.2, 0.25) is 10.0 Å². The Labute approximate surface area is 205 Å². The molecule has 1 aromatic carbocycles. The van der Waals surface area contributed by atoms with Crippen LogP contribution in [0.25, 0.3) is 0 Å². The van der Waals surface area contributed by atoms with Gasteiger partial charge in [0.15, 0.2) is 5.75 Å². The lowest BCUT2D eigenvalue weighted by molar-refractivity contribution is 0.00128. The van der Waals surface area contributed by atoms with Gasteiger partial charge in [0, 0.05) is 31.4 Å². The molecule has 0 spiro atoms. The number of unbranched alkanes of at least 4 members (excludes halogenated alkanes) is 3. The molecule has 0 bridgehead atoms. The van der Waals surface area contributed by atoms with E-state index in [2.05, 4.69) is 5.16 Å². The number of ether oxygens (including phenoxy) is 3. The van der Waals surface area contributed by atoms with Crippen LogP contribution >= 0.6 is 46.4 Å². The second-order valence-electron chi connectivity index (χ2n) is 7.68. The van der Waals surface area contributed by atoms with Crippen molar-refractivity contribution in [1.82, 2.24) is 0 Å². The molecule has 0 aliphatic rings. The summed E-state index contributed by atoms with van der Waals surface area (Å²) in [7, 11) is 0. The highest BCUT2D eigenvalue weighted by molar-refractivity contribution is 6.55. The summed E-state index contributed by atoms with van der Waals surface area (Å²) in [6.07, 6.45) is 8.01. The Balaban J connectivity index is 2.12. The van der Waals surface area contributed by atoms with Gasteiger partial charge in [-0.3, -0.25) is 0 Å². The molecule has 0 saturated carbocycles. The molecule has 1 rings (SSSR count). The first kappa shape index (κ1) is 28.2. The SMILES string of the molecule is CC(C)(C)O/N=C/CCOCCCCCCOc1c(Cl)cc(OCC=C(Cl)Cl)cc1Cl. The summed E-state index contributed by atoms with van der Waals surface area (Å²) in [5, 5.41) is 4.71. The van der Waals surface area contributed by atoms with E-state index in [1.54, 1.807) is 18.3 Å². The van der Waals surface area contributed by atoms with Gasteiger partial charge in [-0.15, -0.1) is 0 Å². The molecule has 0 aromatic heterocycles. The molecule has 0 atom stereocenters. The van der Waals surface area contributed by atoms with Gasteiger partial charge in [-0.25, -0.2) is 0 Å². The number of nitrogens with zero attached hydrogens (tertiary/aromatic N) is 1. The zero-order valence-electron chi connectivity index (χ0n) is 18.3. The molecular weight excluding hydrogens is 484 g/mol. The molecule has 31 heavy (non-hydrogen) atoms. The van der Waals surface area contributed by atoms with Gasteiger partial charge < -0.3 is 19.0 Å². The summed E-state index contributed by atoms with van der Waals surface area (Å²) in [6.45, 7) is 8.01. The minimum absolute atomic E-state index is 0.139. The number of halogens is 4. The van der Waals surface area contributed by atoms with Crippen LogP contribution in [0.15, 0.2) is 27.9 Å². The third-order valence-electron chi connectivity index (χ3n) is 3.68. The Morgan fingerprint density at radius 2 is 1.58 bits per heavy atom. The van der Waals surface area contributed by atoms with Crippen molar-refractivity contribution >= 4 is 52.6 Å². The summed E-state index contributed by atoms with van der Waals surface area (Å²) in [6, 6.07) is 3.30. The van der Waals surface area contributed by atoms with Crippen molar-refractivity contribution < 1.29 is 19.0 Å². The fourth-order valence-corrected chi connectivity index (χ4v) is 2.98. The van der Waals surface area contributed by atoms with Crippen molar-refractivity contribution in [3.63, 3.8) is 0 Å². The third-order valence-corrected chi connectivity index (χ3v) is 4.55. The molecule has 0 aliphatic carbocycles. The highest BCUT2D eigenvalue weighted by atomic mass is 35.5. The first-order chi connectivity index (χ1) is 14.7. The molecular formula is C22H31Cl4NO4. The molecule has 176 valence electrons. The average molecular weight is 515 g/mol. The largest absolute Gasteiger partial charge is 0.490 e. The minimum atomic E-state index is -0.257. The lowest BCUT2D eigenvalue weighted by Crippen LogP contribution is -2.15. The van der Waals surface area contributed by atoms with Crippen LogP contribution in [0, 0.1) is 0 Å². The summed E-state index contributed by atoms with van der Waals surface area (Å²) >= 11 is 23.6. The van der Waals surface area contributed by atoms with Crippen molar-refractivity contribution in [3.05, 3.63) is 32.7 Å². The van der Waals surface area contributed by atoms with Crippen molar-refractivity contribution in [2.75, 3.05) is 26.4 Å². The quantitative estimate of drug-likeness (QED) is 0.136. The highest BCUT2D eigenvalue weighted by Crippen LogP contribution is 2.37. The van der Waals surface area contributed by atoms with Crippen molar-refractivity contribution in [1.29, 1.82) is 0 Å². The van der Waals surface area contributed by atoms with Crippen LogP contribution in [0.4, 0.5) is 0 Å². The van der Waals surface area contributed by atoms with E-state index >= 15 is 0 Å². The molecule has 0 unspecified atom stereocenters. The van der Waals surface area contributed by atoms with E-state index in [0.717, 1.165) is 38.7 Å². The van der Waals surface area contributed by atoms with E-state index in [9.17, 15) is 0 Å². The van der Waals surface area contributed by atoms with Crippen molar-refractivity contribution in [3.8, 4) is 11.5 Å². The standard InChI is InChI=1S/C22H31Cl4NO4/c1-22(2,3)31-27-10-8-12-28-11-6-4-5-7-13-30-21-18(23)15-17(16-19(21)24)29-14-9-20(25)26/h9-10,15-16H,4-8,11-14H2,1-3H3/b27-10+. The summed E-state index contributed by atoms with van der Waals surface area (Å²) in [5.41, 5.74) is -0.257. The van der Waals surface area contributed by atoms with Gasteiger partial charge in [0.1, 0.15) is 22.4 Å². The predicted molar refractivity (Wildman–Crippen MR) is 130 cm³/mol. The molecule has 0 radical (unpaired) electrons. The molecule has 0 fully saturated rings. The minimum Gasteiger partial charge on any atom is -0.490 e. The van der Waals surface area contributed by atoms with Crippen LogP contribution in [0.3, 0.4) is 0 Å². The Bertz CT molecular complexity index is 678. The maximum Gasteiger partial charge on any atom is 0.156 e. The second-order valence-corrected chi connectivity index (χ2v) is 9.50. The lowest BCUT2D eigenvalue weighted by atomic mass is 10.2. The summed E-state index contributed by atoms with van der Waals surface area (Å²) in [4.78, 5) is 5.26. The number of rotatable bonds is 15. The lowest BCUT2D eigenvalue weighted by Gasteiger charge is -2.14. The molecule has 0 amide bonds. The Morgan fingerprint density at radius 3 is 2.19 bits per heavy atom. The fraction of sp³-hybridized carbons (Fsp3) is 0.591. The number of oxime groups is 1. The van der Waals surface area contributed by atoms with Crippen LogP contribution in [0.5, 0.6) is 11.5 Å². The van der Waals surface area contributed by atoms with E-state index in [4.69, 9.17) is 65.5 Å². The van der Waals surface area contributed by atoms with Crippen molar-refractivity contribution in [2.45, 2.75) is 58.5 Å². The third kappa shape index (κ3) is 14.8. The molecule has 1 aromatic rings. The smallest absolute Gasteiger partial charge is 0.156 e. The second kappa shape index (κ2) is 15.9. The van der Waals surface area contributed by atoms with Gasteiger partial charge in [0.25, 0.3) is 0 Å². The van der Waals surface area contributed by atoms with Gasteiger partial charge in [0.2, 0.25) is 0 Å². The molecule has 0 aliphatic heterocycles. The molecule has 0 saturated heterocycles. The van der Waals surface area contributed by atoms with Gasteiger partial charge in [0.05, 0.1) is 23.3 Å². The summed E-state index contributed by atoms with van der Waals surface area (Å²) in [5.74, 6) is 0.975. The van der Waals surface area contributed by atoms with E-state index in [1.807, 2.05) is 20.8 Å². The van der Waals surface area contributed by atoms with Crippen LogP contribution in [-0.4, -0.2) is 38.2 Å². The van der Waals surface area contributed by atoms with E-state index in [-0.39, 0.29) is 16.7 Å². The van der Waals surface area contributed by atoms with Crippen LogP contribution in [0.1, 0.15) is 52.9 Å². The monoisotopic (exact) mass is 513 g/mol. The van der Waals surface area contributed by atoms with Gasteiger partial charge >= 0.3 is 0 Å². The topological polar surface area (TPSA) is 49.3 Å². The molecule has 9 heteroatoms. The van der Waals surface area contributed by atoms with Gasteiger partial charge in [-0.2, -0.15) is 0 Å². The van der Waals surface area contributed by atoms with E-state index in [1.165, 1.54) is 6.08 Å². The first-order valence-electron chi connectivity index (χ1n) is 10.2. The van der Waals surface area contributed by atoms with Crippen LogP contribution < -0.4 is 9.47 Å². The molecule has 5 nitrogen and oxygen atoms in total. The summed E-state index contributed by atoms with van der Waals surface area (Å²) < 4.78 is 16.9. The van der Waals surface area contributed by atoms with Crippen molar-refractivity contribution in [2.24, 2.45) is 5.16 Å². The normalized spacial score (nSPS) is 11.6. The van der Waals surface area contributed by atoms with Gasteiger partial charge in [-0.05, 0) is 46.1 Å². The average Bonchev–Trinajstić information content (AvgIpc) is 2.66. The van der Waals surface area contributed by atoms with Gasteiger partial charge in [-0.1, -0.05) is 58.0 Å². The predicted octanol–water partition coefficient (Wildman–Crippen LogP) is 7.84. The fourth-order valence-electron chi connectivity index (χ4n) is 2.28.